The van der Waals surface area contributed by atoms with Gasteiger partial charge < -0.3 is 5.32 Å². The molecule has 3 aromatic heterocycles. The van der Waals surface area contributed by atoms with E-state index in [4.69, 9.17) is 0 Å². The van der Waals surface area contributed by atoms with Gasteiger partial charge in [-0.25, -0.2) is 9.97 Å². The second-order valence-corrected chi connectivity index (χ2v) is 6.15. The van der Waals surface area contributed by atoms with E-state index in [-0.39, 0.29) is 6.04 Å². The van der Waals surface area contributed by atoms with Crippen molar-refractivity contribution < 1.29 is 0 Å². The summed E-state index contributed by atoms with van der Waals surface area (Å²) in [6, 6.07) is 6.06. The van der Waals surface area contributed by atoms with Gasteiger partial charge >= 0.3 is 0 Å². The number of fused-ring (bicyclic) bond motifs is 1. The van der Waals surface area contributed by atoms with Crippen LogP contribution in [0.4, 0.5) is 5.82 Å². The van der Waals surface area contributed by atoms with Gasteiger partial charge in [-0.1, -0.05) is 19.9 Å². The number of pyridine rings is 1. The van der Waals surface area contributed by atoms with Crippen LogP contribution in [-0.4, -0.2) is 24.7 Å². The number of rotatable bonds is 4. The Labute approximate surface area is 136 Å². The summed E-state index contributed by atoms with van der Waals surface area (Å²) in [5, 5.41) is 9.01. The van der Waals surface area contributed by atoms with Crippen LogP contribution in [0.5, 0.6) is 0 Å². The molecule has 0 saturated carbocycles. The van der Waals surface area contributed by atoms with E-state index in [1.165, 1.54) is 0 Å². The third kappa shape index (κ3) is 2.88. The molecule has 23 heavy (non-hydrogen) atoms. The van der Waals surface area contributed by atoms with Crippen LogP contribution in [0.3, 0.4) is 0 Å². The van der Waals surface area contributed by atoms with Gasteiger partial charge in [-0.3, -0.25) is 9.67 Å². The summed E-state index contributed by atoms with van der Waals surface area (Å²) < 4.78 is 1.80. The van der Waals surface area contributed by atoms with Gasteiger partial charge in [0.25, 0.3) is 0 Å². The molecule has 3 rings (SSSR count). The predicted octanol–water partition coefficient (Wildman–Crippen LogP) is 3.18. The van der Waals surface area contributed by atoms with E-state index in [9.17, 15) is 0 Å². The molecule has 6 heteroatoms. The molecule has 0 aliphatic rings. The zero-order chi connectivity index (χ0) is 16.6. The van der Waals surface area contributed by atoms with Gasteiger partial charge in [0.1, 0.15) is 11.6 Å². The normalized spacial score (nSPS) is 12.8. The average Bonchev–Trinajstić information content (AvgIpc) is 2.79. The van der Waals surface area contributed by atoms with Crippen LogP contribution >= 0.6 is 0 Å². The number of aryl methyl sites for hydroxylation is 3. The van der Waals surface area contributed by atoms with Gasteiger partial charge in [0.05, 0.1) is 22.8 Å². The molecule has 0 spiro atoms. The molecule has 0 aliphatic carbocycles. The Balaban J connectivity index is 2.09. The van der Waals surface area contributed by atoms with Gasteiger partial charge in [-0.2, -0.15) is 5.10 Å². The minimum atomic E-state index is 0.0771. The molecule has 0 bridgehead atoms. The topological polar surface area (TPSA) is 68.5 Å². The van der Waals surface area contributed by atoms with Crippen molar-refractivity contribution in [2.75, 3.05) is 5.32 Å². The molecular weight excluding hydrogens is 288 g/mol. The van der Waals surface area contributed by atoms with Crippen molar-refractivity contribution in [2.24, 2.45) is 13.0 Å². The van der Waals surface area contributed by atoms with E-state index in [1.54, 1.807) is 4.68 Å². The maximum absolute atomic E-state index is 4.62. The van der Waals surface area contributed by atoms with Crippen LogP contribution in [0, 0.1) is 19.8 Å². The first-order chi connectivity index (χ1) is 11.0. The smallest absolute Gasteiger partial charge is 0.163 e. The second-order valence-electron chi connectivity index (χ2n) is 6.15. The number of aromatic nitrogens is 5. The van der Waals surface area contributed by atoms with E-state index in [2.05, 4.69) is 39.2 Å². The zero-order valence-electron chi connectivity index (χ0n) is 14.2. The van der Waals surface area contributed by atoms with E-state index in [0.29, 0.717) is 5.92 Å². The monoisotopic (exact) mass is 310 g/mol. The molecular formula is C17H22N6. The highest BCUT2D eigenvalue weighted by atomic mass is 15.3. The highest BCUT2D eigenvalue weighted by Crippen LogP contribution is 2.29. The van der Waals surface area contributed by atoms with E-state index < -0.39 is 0 Å². The minimum Gasteiger partial charge on any atom is -0.361 e. The third-order valence-electron chi connectivity index (χ3n) is 3.94. The standard InChI is InChI=1S/C17H22N6/c1-10(2)15(13-8-6-7-9-18-13)21-16-14-11(3)22-23(5)17(14)20-12(4)19-16/h6-10,15H,1-5H3,(H,19,20,21)/t15-/m1/s1. The van der Waals surface area contributed by atoms with Crippen molar-refractivity contribution in [3.05, 3.63) is 41.6 Å². The fourth-order valence-corrected chi connectivity index (χ4v) is 2.84. The molecule has 3 aromatic rings. The average molecular weight is 310 g/mol. The van der Waals surface area contributed by atoms with E-state index >= 15 is 0 Å². The van der Waals surface area contributed by atoms with Crippen LogP contribution in [0.25, 0.3) is 11.0 Å². The summed E-state index contributed by atoms with van der Waals surface area (Å²) in [6.45, 7) is 8.23. The molecule has 1 N–H and O–H groups in total. The Morgan fingerprint density at radius 1 is 1.13 bits per heavy atom. The first-order valence-electron chi connectivity index (χ1n) is 7.82. The molecule has 0 saturated heterocycles. The summed E-state index contributed by atoms with van der Waals surface area (Å²) in [6.07, 6.45) is 1.82. The minimum absolute atomic E-state index is 0.0771. The van der Waals surface area contributed by atoms with Gasteiger partial charge in [-0.05, 0) is 31.9 Å². The largest absolute Gasteiger partial charge is 0.361 e. The number of hydrogen-bond acceptors (Lipinski definition) is 5. The predicted molar refractivity (Wildman–Crippen MR) is 91.2 cm³/mol. The number of nitrogens with zero attached hydrogens (tertiary/aromatic N) is 5. The summed E-state index contributed by atoms with van der Waals surface area (Å²) >= 11 is 0. The lowest BCUT2D eigenvalue weighted by molar-refractivity contribution is 0.533. The molecule has 3 heterocycles. The van der Waals surface area contributed by atoms with Crippen molar-refractivity contribution in [3.8, 4) is 0 Å². The van der Waals surface area contributed by atoms with Gasteiger partial charge in [0.15, 0.2) is 5.65 Å². The summed E-state index contributed by atoms with van der Waals surface area (Å²) in [4.78, 5) is 13.6. The number of hydrogen-bond donors (Lipinski definition) is 1. The SMILES string of the molecule is Cc1nc(N[C@@H](c2ccccn2)C(C)C)c2c(C)nn(C)c2n1. The fourth-order valence-electron chi connectivity index (χ4n) is 2.84. The van der Waals surface area contributed by atoms with Gasteiger partial charge in [0, 0.05) is 13.2 Å². The Bertz CT molecular complexity index is 822. The van der Waals surface area contributed by atoms with Gasteiger partial charge in [-0.15, -0.1) is 0 Å². The first kappa shape index (κ1) is 15.4. The van der Waals surface area contributed by atoms with Crippen molar-refractivity contribution in [3.63, 3.8) is 0 Å². The maximum Gasteiger partial charge on any atom is 0.163 e. The molecule has 0 amide bonds. The highest BCUT2D eigenvalue weighted by Gasteiger charge is 2.21. The van der Waals surface area contributed by atoms with Gasteiger partial charge in [0.2, 0.25) is 0 Å². The van der Waals surface area contributed by atoms with E-state index in [1.807, 2.05) is 45.3 Å². The Hall–Kier alpha value is -2.50. The lowest BCUT2D eigenvalue weighted by atomic mass is 10.00. The Kier molecular flexibility index (Phi) is 3.98. The van der Waals surface area contributed by atoms with Crippen LogP contribution < -0.4 is 5.32 Å². The lowest BCUT2D eigenvalue weighted by Crippen LogP contribution is -2.19. The molecule has 6 nitrogen and oxygen atoms in total. The first-order valence-corrected chi connectivity index (χ1v) is 7.82. The molecule has 0 unspecified atom stereocenters. The Morgan fingerprint density at radius 3 is 2.57 bits per heavy atom. The summed E-state index contributed by atoms with van der Waals surface area (Å²) in [7, 11) is 1.91. The molecule has 0 aliphatic heterocycles. The van der Waals surface area contributed by atoms with Crippen molar-refractivity contribution >= 4 is 16.9 Å². The zero-order valence-corrected chi connectivity index (χ0v) is 14.2. The molecule has 0 aromatic carbocycles. The second kappa shape index (κ2) is 5.95. The summed E-state index contributed by atoms with van der Waals surface area (Å²) in [5.41, 5.74) is 2.78. The highest BCUT2D eigenvalue weighted by molar-refractivity contribution is 5.89. The molecule has 0 radical (unpaired) electrons. The molecule has 120 valence electrons. The number of anilines is 1. The lowest BCUT2D eigenvalue weighted by Gasteiger charge is -2.23. The maximum atomic E-state index is 4.62. The fraction of sp³-hybridized carbons (Fsp3) is 0.412. The quantitative estimate of drug-likeness (QED) is 0.801. The van der Waals surface area contributed by atoms with Crippen molar-refractivity contribution in [2.45, 2.75) is 33.7 Å². The van der Waals surface area contributed by atoms with Crippen LogP contribution in [0.2, 0.25) is 0 Å². The van der Waals surface area contributed by atoms with E-state index in [0.717, 1.165) is 34.1 Å². The van der Waals surface area contributed by atoms with Crippen LogP contribution in [0.1, 0.15) is 37.1 Å². The van der Waals surface area contributed by atoms with Crippen LogP contribution in [-0.2, 0) is 7.05 Å². The molecule has 0 fully saturated rings. The Morgan fingerprint density at radius 2 is 1.91 bits per heavy atom. The van der Waals surface area contributed by atoms with Crippen molar-refractivity contribution in [1.82, 2.24) is 24.7 Å². The van der Waals surface area contributed by atoms with Crippen LogP contribution in [0.15, 0.2) is 24.4 Å². The summed E-state index contributed by atoms with van der Waals surface area (Å²) in [5.74, 6) is 1.92. The van der Waals surface area contributed by atoms with Crippen molar-refractivity contribution in [1.29, 1.82) is 0 Å². The number of nitrogens with one attached hydrogen (secondary N) is 1. The molecule has 1 atom stereocenters. The third-order valence-corrected chi connectivity index (χ3v) is 3.94.